The second-order valence-corrected chi connectivity index (χ2v) is 4.35. The predicted molar refractivity (Wildman–Crippen MR) is 62.1 cm³/mol. The maximum atomic E-state index is 12.1. The van der Waals surface area contributed by atoms with Gasteiger partial charge in [-0.15, -0.1) is 5.10 Å². The summed E-state index contributed by atoms with van der Waals surface area (Å²) >= 11 is 0. The van der Waals surface area contributed by atoms with Crippen LogP contribution in [0.1, 0.15) is 42.6 Å². The van der Waals surface area contributed by atoms with E-state index >= 15 is 0 Å². The first-order chi connectivity index (χ1) is 8.63. The third-order valence-corrected chi connectivity index (χ3v) is 3.01. The smallest absolute Gasteiger partial charge is 0.326 e. The second kappa shape index (κ2) is 5.16. The van der Waals surface area contributed by atoms with Crippen LogP contribution < -0.4 is 0 Å². The molecule has 0 saturated carbocycles. The van der Waals surface area contributed by atoms with Crippen LogP contribution in [0.25, 0.3) is 0 Å². The van der Waals surface area contributed by atoms with Gasteiger partial charge in [-0.05, 0) is 19.3 Å². The summed E-state index contributed by atoms with van der Waals surface area (Å²) < 4.78 is 0. The summed E-state index contributed by atoms with van der Waals surface area (Å²) in [6.45, 7) is 2.46. The maximum absolute atomic E-state index is 12.1. The minimum absolute atomic E-state index is 0.0617. The number of carboxylic acids is 1. The number of carboxylic acid groups (broad SMARTS) is 1. The maximum Gasteiger partial charge on any atom is 0.326 e. The molecule has 2 rings (SSSR count). The van der Waals surface area contributed by atoms with E-state index in [9.17, 15) is 9.59 Å². The molecule has 1 atom stereocenters. The molecule has 0 unspecified atom stereocenters. The summed E-state index contributed by atoms with van der Waals surface area (Å²) in [5.74, 6) is -0.651. The molecule has 0 spiro atoms. The summed E-state index contributed by atoms with van der Waals surface area (Å²) in [6.07, 6.45) is 2.83. The van der Waals surface area contributed by atoms with Gasteiger partial charge in [0.2, 0.25) is 5.82 Å². The molecule has 1 saturated heterocycles. The first kappa shape index (κ1) is 12.5. The van der Waals surface area contributed by atoms with Gasteiger partial charge in [0.1, 0.15) is 11.9 Å². The Labute approximate surface area is 104 Å². The van der Waals surface area contributed by atoms with E-state index in [-0.39, 0.29) is 5.82 Å². The van der Waals surface area contributed by atoms with Crippen molar-refractivity contribution < 1.29 is 14.7 Å². The summed E-state index contributed by atoms with van der Waals surface area (Å²) in [5.41, 5.74) is 0. The van der Waals surface area contributed by atoms with Crippen molar-refractivity contribution in [3.05, 3.63) is 11.6 Å². The molecule has 1 aromatic rings. The van der Waals surface area contributed by atoms with Gasteiger partial charge in [0, 0.05) is 13.0 Å². The normalized spacial score (nSPS) is 19.2. The molecular formula is C11H16N4O3. The van der Waals surface area contributed by atoms with E-state index in [0.29, 0.717) is 25.2 Å². The molecule has 0 aliphatic carbocycles. The average molecular weight is 252 g/mol. The van der Waals surface area contributed by atoms with Crippen LogP contribution in [0.4, 0.5) is 0 Å². The highest BCUT2D eigenvalue weighted by Crippen LogP contribution is 2.19. The number of rotatable bonds is 4. The molecule has 2 N–H and O–H groups in total. The molecule has 7 heteroatoms. The summed E-state index contributed by atoms with van der Waals surface area (Å²) in [4.78, 5) is 28.5. The number of nitrogens with zero attached hydrogens (tertiary/aromatic N) is 3. The van der Waals surface area contributed by atoms with Crippen LogP contribution in [0.2, 0.25) is 0 Å². The van der Waals surface area contributed by atoms with Crippen molar-refractivity contribution >= 4 is 11.9 Å². The summed E-state index contributed by atoms with van der Waals surface area (Å²) in [6, 6.07) is -0.745. The molecule has 0 radical (unpaired) electrons. The zero-order valence-electron chi connectivity index (χ0n) is 10.2. The number of nitrogens with one attached hydrogen (secondary N) is 1. The largest absolute Gasteiger partial charge is 0.480 e. The Bertz CT molecular complexity index is 457. The Kier molecular flexibility index (Phi) is 3.59. The number of aliphatic carboxylic acids is 1. The predicted octanol–water partition coefficient (Wildman–Crippen LogP) is 0.446. The minimum Gasteiger partial charge on any atom is -0.480 e. The third kappa shape index (κ3) is 2.34. The van der Waals surface area contributed by atoms with E-state index in [0.717, 1.165) is 12.8 Å². The molecule has 7 nitrogen and oxygen atoms in total. The van der Waals surface area contributed by atoms with Gasteiger partial charge in [0.15, 0.2) is 0 Å². The number of aromatic nitrogens is 3. The van der Waals surface area contributed by atoms with Gasteiger partial charge < -0.3 is 10.0 Å². The molecular weight excluding hydrogens is 236 g/mol. The van der Waals surface area contributed by atoms with E-state index in [1.165, 1.54) is 4.90 Å². The van der Waals surface area contributed by atoms with Crippen LogP contribution in [-0.4, -0.2) is 49.7 Å². The zero-order chi connectivity index (χ0) is 13.1. The van der Waals surface area contributed by atoms with Crippen LogP contribution in [0.5, 0.6) is 0 Å². The van der Waals surface area contributed by atoms with Crippen LogP contribution in [-0.2, 0) is 11.2 Å². The standard InChI is InChI=1S/C11H16N4O3/c1-2-4-8-12-9(14-13-8)10(16)15-6-3-5-7(15)11(17)18/h7H,2-6H2,1H3,(H,17,18)(H,12,13,14)/t7-/m1/s1. The fourth-order valence-corrected chi connectivity index (χ4v) is 2.13. The van der Waals surface area contributed by atoms with E-state index in [1.54, 1.807) is 0 Å². The molecule has 1 aliphatic heterocycles. The van der Waals surface area contributed by atoms with E-state index in [1.807, 2.05) is 6.92 Å². The molecule has 1 fully saturated rings. The number of H-pyrrole nitrogens is 1. The van der Waals surface area contributed by atoms with Crippen molar-refractivity contribution in [2.75, 3.05) is 6.54 Å². The topological polar surface area (TPSA) is 99.2 Å². The Morgan fingerprint density at radius 1 is 1.56 bits per heavy atom. The number of hydrogen-bond donors (Lipinski definition) is 2. The average Bonchev–Trinajstić information content (AvgIpc) is 2.96. The lowest BCUT2D eigenvalue weighted by molar-refractivity contribution is -0.141. The van der Waals surface area contributed by atoms with Crippen molar-refractivity contribution in [1.29, 1.82) is 0 Å². The lowest BCUT2D eigenvalue weighted by atomic mass is 10.2. The summed E-state index contributed by atoms with van der Waals surface area (Å²) in [5, 5.41) is 15.6. The second-order valence-electron chi connectivity index (χ2n) is 4.35. The van der Waals surface area contributed by atoms with Crippen molar-refractivity contribution in [1.82, 2.24) is 20.1 Å². The van der Waals surface area contributed by atoms with Crippen molar-refractivity contribution in [3.63, 3.8) is 0 Å². The van der Waals surface area contributed by atoms with Gasteiger partial charge in [0.05, 0.1) is 0 Å². The van der Waals surface area contributed by atoms with Crippen LogP contribution >= 0.6 is 0 Å². The van der Waals surface area contributed by atoms with E-state index in [2.05, 4.69) is 15.2 Å². The van der Waals surface area contributed by atoms with Gasteiger partial charge in [-0.3, -0.25) is 9.89 Å². The first-order valence-corrected chi connectivity index (χ1v) is 6.08. The van der Waals surface area contributed by atoms with Crippen molar-refractivity contribution in [2.45, 2.75) is 38.6 Å². The minimum atomic E-state index is -0.967. The molecule has 98 valence electrons. The number of aryl methyl sites for hydroxylation is 1. The Morgan fingerprint density at radius 3 is 3.00 bits per heavy atom. The van der Waals surface area contributed by atoms with Gasteiger partial charge >= 0.3 is 5.97 Å². The fraction of sp³-hybridized carbons (Fsp3) is 0.636. The molecule has 0 aromatic carbocycles. The number of likely N-dealkylation sites (tertiary alicyclic amines) is 1. The quantitative estimate of drug-likeness (QED) is 0.810. The molecule has 0 bridgehead atoms. The van der Waals surface area contributed by atoms with Crippen molar-refractivity contribution in [3.8, 4) is 0 Å². The highest BCUT2D eigenvalue weighted by molar-refractivity contribution is 5.93. The van der Waals surface area contributed by atoms with Crippen LogP contribution in [0, 0.1) is 0 Å². The lowest BCUT2D eigenvalue weighted by Gasteiger charge is -2.19. The van der Waals surface area contributed by atoms with Gasteiger partial charge in [-0.25, -0.2) is 9.78 Å². The molecule has 1 aliphatic rings. The first-order valence-electron chi connectivity index (χ1n) is 6.08. The molecule has 2 heterocycles. The molecule has 1 aromatic heterocycles. The number of carbonyl (C=O) groups is 2. The van der Waals surface area contributed by atoms with Gasteiger partial charge in [-0.2, -0.15) is 0 Å². The van der Waals surface area contributed by atoms with Gasteiger partial charge in [-0.1, -0.05) is 6.92 Å². The third-order valence-electron chi connectivity index (χ3n) is 3.01. The number of amides is 1. The van der Waals surface area contributed by atoms with Crippen molar-refractivity contribution in [2.24, 2.45) is 0 Å². The SMILES string of the molecule is CCCc1nc(C(=O)N2CCC[C@@H]2C(=O)O)n[nH]1. The summed E-state index contributed by atoms with van der Waals surface area (Å²) in [7, 11) is 0. The number of aromatic amines is 1. The molecule has 18 heavy (non-hydrogen) atoms. The van der Waals surface area contributed by atoms with Gasteiger partial charge in [0.25, 0.3) is 5.91 Å². The van der Waals surface area contributed by atoms with E-state index < -0.39 is 17.9 Å². The Balaban J connectivity index is 2.12. The van der Waals surface area contributed by atoms with Crippen LogP contribution in [0.15, 0.2) is 0 Å². The fourth-order valence-electron chi connectivity index (χ4n) is 2.13. The number of hydrogen-bond acceptors (Lipinski definition) is 4. The number of carbonyl (C=O) groups excluding carboxylic acids is 1. The van der Waals surface area contributed by atoms with E-state index in [4.69, 9.17) is 5.11 Å². The molecule has 1 amide bonds. The van der Waals surface area contributed by atoms with Crippen LogP contribution in [0.3, 0.4) is 0 Å². The zero-order valence-corrected chi connectivity index (χ0v) is 10.2. The lowest BCUT2D eigenvalue weighted by Crippen LogP contribution is -2.40. The highest BCUT2D eigenvalue weighted by atomic mass is 16.4. The monoisotopic (exact) mass is 252 g/mol. The Morgan fingerprint density at radius 2 is 2.33 bits per heavy atom. The highest BCUT2D eigenvalue weighted by Gasteiger charge is 2.35. The Hall–Kier alpha value is -1.92.